The summed E-state index contributed by atoms with van der Waals surface area (Å²) in [6, 6.07) is 7.76. The number of methoxy groups -OCH3 is 1. The smallest absolute Gasteiger partial charge is 0.170 e. The van der Waals surface area contributed by atoms with Gasteiger partial charge in [0.05, 0.1) is 7.11 Å². The molecule has 22 heavy (non-hydrogen) atoms. The van der Waals surface area contributed by atoms with Gasteiger partial charge in [-0.1, -0.05) is 6.92 Å². The van der Waals surface area contributed by atoms with E-state index >= 15 is 0 Å². The minimum atomic E-state index is 0.678. The lowest BCUT2D eigenvalue weighted by atomic mass is 10.0. The molecule has 1 aliphatic rings. The van der Waals surface area contributed by atoms with Crippen molar-refractivity contribution in [2.45, 2.75) is 26.2 Å². The fourth-order valence-corrected chi connectivity index (χ4v) is 3.06. The Hall–Kier alpha value is -1.33. The highest BCUT2D eigenvalue weighted by molar-refractivity contribution is 7.80. The fraction of sp³-hybridized carbons (Fsp3) is 0.588. The Morgan fingerprint density at radius 1 is 1.36 bits per heavy atom. The molecule has 5 heteroatoms. The summed E-state index contributed by atoms with van der Waals surface area (Å²) in [4.78, 5) is 2.57. The van der Waals surface area contributed by atoms with Crippen molar-refractivity contribution in [3.63, 3.8) is 0 Å². The Balaban J connectivity index is 1.61. The molecule has 1 atom stereocenters. The molecule has 4 nitrogen and oxygen atoms in total. The summed E-state index contributed by atoms with van der Waals surface area (Å²) in [5.41, 5.74) is 0.975. The highest BCUT2D eigenvalue weighted by Crippen LogP contribution is 2.16. The Bertz CT molecular complexity index is 463. The summed E-state index contributed by atoms with van der Waals surface area (Å²) in [6.45, 7) is 6.90. The first-order valence-corrected chi connectivity index (χ1v) is 8.49. The molecule has 2 N–H and O–H groups in total. The first kappa shape index (κ1) is 17.0. The molecular weight excluding hydrogens is 294 g/mol. The minimum Gasteiger partial charge on any atom is -0.497 e. The van der Waals surface area contributed by atoms with Crippen molar-refractivity contribution < 1.29 is 4.74 Å². The first-order chi connectivity index (χ1) is 10.7. The van der Waals surface area contributed by atoms with Gasteiger partial charge in [-0.05, 0) is 74.8 Å². The minimum absolute atomic E-state index is 0.678. The summed E-state index contributed by atoms with van der Waals surface area (Å²) in [5.74, 6) is 1.69. The van der Waals surface area contributed by atoms with Gasteiger partial charge in [-0.25, -0.2) is 0 Å². The molecule has 1 saturated heterocycles. The van der Waals surface area contributed by atoms with Gasteiger partial charge < -0.3 is 20.3 Å². The van der Waals surface area contributed by atoms with E-state index in [-0.39, 0.29) is 0 Å². The molecule has 0 aromatic heterocycles. The van der Waals surface area contributed by atoms with Crippen molar-refractivity contribution in [2.24, 2.45) is 5.92 Å². The van der Waals surface area contributed by atoms with Crippen LogP contribution in [0.4, 0.5) is 5.69 Å². The molecule has 0 radical (unpaired) electrons. The van der Waals surface area contributed by atoms with E-state index in [2.05, 4.69) is 22.5 Å². The van der Waals surface area contributed by atoms with Gasteiger partial charge in [0.1, 0.15) is 5.75 Å². The van der Waals surface area contributed by atoms with Crippen LogP contribution < -0.4 is 15.4 Å². The van der Waals surface area contributed by atoms with E-state index in [1.807, 2.05) is 24.3 Å². The number of anilines is 1. The number of thiocarbonyl (C=S) groups is 1. The highest BCUT2D eigenvalue weighted by atomic mass is 32.1. The lowest BCUT2D eigenvalue weighted by molar-refractivity contribution is 0.182. The van der Waals surface area contributed by atoms with Crippen LogP contribution in [0.5, 0.6) is 5.75 Å². The maximum absolute atomic E-state index is 5.32. The predicted molar refractivity (Wildman–Crippen MR) is 96.7 cm³/mol. The number of likely N-dealkylation sites (tertiary alicyclic amines) is 1. The van der Waals surface area contributed by atoms with Crippen LogP contribution in [0.15, 0.2) is 24.3 Å². The second-order valence-corrected chi connectivity index (χ2v) is 6.42. The third kappa shape index (κ3) is 5.81. The number of benzene rings is 1. The number of piperidine rings is 1. The summed E-state index contributed by atoms with van der Waals surface area (Å²) in [6.07, 6.45) is 3.84. The molecule has 0 aliphatic carbocycles. The van der Waals surface area contributed by atoms with Crippen molar-refractivity contribution in [1.29, 1.82) is 0 Å². The third-order valence-corrected chi connectivity index (χ3v) is 4.27. The van der Waals surface area contributed by atoms with E-state index in [0.29, 0.717) is 5.11 Å². The standard InChI is InChI=1S/C17H27N3OS/c1-14-5-3-11-20(13-14)12-4-10-18-17(22)19-15-6-8-16(21-2)9-7-15/h6-9,14H,3-5,10-13H2,1-2H3,(H2,18,19,22)/t14-/m1/s1. The second kappa shape index (κ2) is 8.96. The van der Waals surface area contributed by atoms with Crippen LogP contribution in [0, 0.1) is 5.92 Å². The average molecular weight is 321 g/mol. The van der Waals surface area contributed by atoms with Gasteiger partial charge in [-0.3, -0.25) is 0 Å². The average Bonchev–Trinajstić information content (AvgIpc) is 2.52. The molecule has 1 heterocycles. The molecule has 122 valence electrons. The number of nitrogens with one attached hydrogen (secondary N) is 2. The van der Waals surface area contributed by atoms with Crippen LogP contribution in [-0.4, -0.2) is 43.3 Å². The van der Waals surface area contributed by atoms with Gasteiger partial charge in [0.2, 0.25) is 0 Å². The van der Waals surface area contributed by atoms with Crippen molar-refractivity contribution in [3.05, 3.63) is 24.3 Å². The lowest BCUT2D eigenvalue weighted by Crippen LogP contribution is -2.37. The lowest BCUT2D eigenvalue weighted by Gasteiger charge is -2.30. The monoisotopic (exact) mass is 321 g/mol. The number of nitrogens with zero attached hydrogens (tertiary/aromatic N) is 1. The Kier molecular flexibility index (Phi) is 6.93. The van der Waals surface area contributed by atoms with Crippen molar-refractivity contribution in [3.8, 4) is 5.75 Å². The second-order valence-electron chi connectivity index (χ2n) is 6.01. The molecule has 0 spiro atoms. The van der Waals surface area contributed by atoms with Gasteiger partial charge in [-0.2, -0.15) is 0 Å². The summed E-state index contributed by atoms with van der Waals surface area (Å²) < 4.78 is 5.14. The maximum atomic E-state index is 5.32. The zero-order valence-electron chi connectivity index (χ0n) is 13.6. The van der Waals surface area contributed by atoms with E-state index in [1.165, 1.54) is 25.9 Å². The van der Waals surface area contributed by atoms with Crippen molar-refractivity contribution >= 4 is 23.0 Å². The molecule has 1 aliphatic heterocycles. The molecule has 1 aromatic carbocycles. The van der Waals surface area contributed by atoms with Gasteiger partial charge >= 0.3 is 0 Å². The van der Waals surface area contributed by atoms with E-state index < -0.39 is 0 Å². The van der Waals surface area contributed by atoms with E-state index in [0.717, 1.165) is 36.9 Å². The zero-order valence-corrected chi connectivity index (χ0v) is 14.4. The maximum Gasteiger partial charge on any atom is 0.170 e. The van der Waals surface area contributed by atoms with Crippen LogP contribution in [0.1, 0.15) is 26.2 Å². The van der Waals surface area contributed by atoms with Gasteiger partial charge in [-0.15, -0.1) is 0 Å². The van der Waals surface area contributed by atoms with Crippen LogP contribution in [0.2, 0.25) is 0 Å². The number of hydrogen-bond acceptors (Lipinski definition) is 3. The molecular formula is C17H27N3OS. The van der Waals surface area contributed by atoms with Gasteiger partial charge in [0.25, 0.3) is 0 Å². The summed E-state index contributed by atoms with van der Waals surface area (Å²) in [7, 11) is 1.66. The van der Waals surface area contributed by atoms with Crippen LogP contribution >= 0.6 is 12.2 Å². The van der Waals surface area contributed by atoms with Gasteiger partial charge in [0.15, 0.2) is 5.11 Å². The Labute approximate surface area is 139 Å². The van der Waals surface area contributed by atoms with Crippen LogP contribution in [0.3, 0.4) is 0 Å². The van der Waals surface area contributed by atoms with Gasteiger partial charge in [0, 0.05) is 18.8 Å². The SMILES string of the molecule is COc1ccc(NC(=S)NCCCN2CCC[C@@H](C)C2)cc1. The third-order valence-electron chi connectivity index (χ3n) is 4.03. The van der Waals surface area contributed by atoms with Crippen LogP contribution in [0.25, 0.3) is 0 Å². The van der Waals surface area contributed by atoms with Crippen molar-refractivity contribution in [2.75, 3.05) is 38.6 Å². The molecule has 0 saturated carbocycles. The quantitative estimate of drug-likeness (QED) is 0.622. The Morgan fingerprint density at radius 2 is 2.14 bits per heavy atom. The summed E-state index contributed by atoms with van der Waals surface area (Å²) >= 11 is 5.32. The highest BCUT2D eigenvalue weighted by Gasteiger charge is 2.15. The summed E-state index contributed by atoms with van der Waals surface area (Å²) in [5, 5.41) is 7.14. The zero-order chi connectivity index (χ0) is 15.8. The molecule has 0 unspecified atom stereocenters. The largest absolute Gasteiger partial charge is 0.497 e. The Morgan fingerprint density at radius 3 is 2.82 bits per heavy atom. The molecule has 1 aromatic rings. The normalized spacial score (nSPS) is 18.7. The molecule has 0 amide bonds. The van der Waals surface area contributed by atoms with E-state index in [1.54, 1.807) is 7.11 Å². The number of hydrogen-bond donors (Lipinski definition) is 2. The van der Waals surface area contributed by atoms with Crippen molar-refractivity contribution in [1.82, 2.24) is 10.2 Å². The van der Waals surface area contributed by atoms with E-state index in [4.69, 9.17) is 17.0 Å². The fourth-order valence-electron chi connectivity index (χ4n) is 2.84. The van der Waals surface area contributed by atoms with E-state index in [9.17, 15) is 0 Å². The molecule has 2 rings (SSSR count). The van der Waals surface area contributed by atoms with Crippen LogP contribution in [-0.2, 0) is 0 Å². The number of ether oxygens (including phenoxy) is 1. The first-order valence-electron chi connectivity index (χ1n) is 8.08. The molecule has 0 bridgehead atoms. The topological polar surface area (TPSA) is 36.5 Å². The number of rotatable bonds is 6. The predicted octanol–water partition coefficient (Wildman–Crippen LogP) is 3.10. The molecule has 1 fully saturated rings.